The Hall–Kier alpha value is -0.990. The van der Waals surface area contributed by atoms with Crippen molar-refractivity contribution in [3.63, 3.8) is 0 Å². The zero-order valence-corrected chi connectivity index (χ0v) is 7.50. The maximum atomic E-state index is 13.1. The fraction of sp³-hybridized carbons (Fsp3) is 0.300. The van der Waals surface area contributed by atoms with E-state index in [1.165, 1.54) is 13.0 Å². The van der Waals surface area contributed by atoms with Crippen LogP contribution in [0.5, 0.6) is 0 Å². The molecule has 0 saturated heterocycles. The first-order valence-corrected chi connectivity index (χ1v) is 3.83. The van der Waals surface area contributed by atoms with Gasteiger partial charge in [-0.2, -0.15) is 0 Å². The highest BCUT2D eigenvalue weighted by atomic mass is 19.3. The molecule has 0 spiro atoms. The maximum Gasteiger partial charge on any atom is 0.276 e. The van der Waals surface area contributed by atoms with Gasteiger partial charge in [-0.3, -0.25) is 0 Å². The molecule has 0 amide bonds. The number of alkyl halides is 2. The second-order valence-corrected chi connectivity index (χ2v) is 3.14. The van der Waals surface area contributed by atoms with Crippen molar-refractivity contribution in [2.24, 2.45) is 0 Å². The molecular weight excluding hydrogens is 177 g/mol. The van der Waals surface area contributed by atoms with Crippen molar-refractivity contribution in [1.82, 2.24) is 0 Å². The van der Waals surface area contributed by atoms with E-state index in [0.717, 1.165) is 6.07 Å². The molecule has 1 aromatic rings. The second-order valence-electron chi connectivity index (χ2n) is 3.14. The number of hydrogen-bond acceptors (Lipinski definition) is 0. The molecule has 0 fully saturated rings. The minimum absolute atomic E-state index is 0.234. The van der Waals surface area contributed by atoms with Crippen LogP contribution in [0.15, 0.2) is 12.1 Å². The standard InChI is InChI=1S/C10H10F3/c1-6-4-7(2)9(8(11)5-6)10(3,12)13/h4-5H,3H2,1-2H3. The van der Waals surface area contributed by atoms with Gasteiger partial charge >= 0.3 is 0 Å². The van der Waals surface area contributed by atoms with E-state index in [1.54, 1.807) is 6.92 Å². The zero-order valence-electron chi connectivity index (χ0n) is 7.50. The number of aryl methyl sites for hydroxylation is 2. The Kier molecular flexibility index (Phi) is 2.37. The molecule has 3 heteroatoms. The molecule has 1 aromatic carbocycles. The van der Waals surface area contributed by atoms with E-state index in [4.69, 9.17) is 0 Å². The molecule has 0 bridgehead atoms. The Morgan fingerprint density at radius 1 is 1.23 bits per heavy atom. The Morgan fingerprint density at radius 2 is 1.77 bits per heavy atom. The first-order valence-electron chi connectivity index (χ1n) is 3.83. The average molecular weight is 187 g/mol. The SMILES string of the molecule is [CH2]C(F)(F)c1c(C)cc(C)cc1F. The topological polar surface area (TPSA) is 0 Å². The lowest BCUT2D eigenvalue weighted by Gasteiger charge is -2.14. The molecule has 0 atom stereocenters. The minimum Gasteiger partial charge on any atom is -0.206 e. The Balaban J connectivity index is 3.38. The molecule has 0 N–H and O–H groups in total. The van der Waals surface area contributed by atoms with Gasteiger partial charge in [0, 0.05) is 6.92 Å². The minimum atomic E-state index is -3.36. The van der Waals surface area contributed by atoms with Gasteiger partial charge in [0.1, 0.15) is 5.82 Å². The summed E-state index contributed by atoms with van der Waals surface area (Å²) >= 11 is 0. The van der Waals surface area contributed by atoms with Crippen LogP contribution >= 0.6 is 0 Å². The van der Waals surface area contributed by atoms with Crippen LogP contribution in [0.25, 0.3) is 0 Å². The van der Waals surface area contributed by atoms with E-state index >= 15 is 0 Å². The summed E-state index contributed by atoms with van der Waals surface area (Å²) in [5.74, 6) is -4.25. The van der Waals surface area contributed by atoms with Gasteiger partial charge in [-0.05, 0) is 31.0 Å². The molecule has 0 nitrogen and oxygen atoms in total. The lowest BCUT2D eigenvalue weighted by molar-refractivity contribution is 0.0439. The predicted molar refractivity (Wildman–Crippen MR) is 45.1 cm³/mol. The first-order chi connectivity index (χ1) is 5.82. The van der Waals surface area contributed by atoms with Gasteiger partial charge in [-0.15, -0.1) is 0 Å². The predicted octanol–water partition coefficient (Wildman–Crippen LogP) is 3.37. The highest BCUT2D eigenvalue weighted by molar-refractivity contribution is 5.35. The lowest BCUT2D eigenvalue weighted by atomic mass is 10.0. The molecule has 1 rings (SSSR count). The van der Waals surface area contributed by atoms with E-state index in [2.05, 4.69) is 6.92 Å². The van der Waals surface area contributed by atoms with Gasteiger partial charge in [0.25, 0.3) is 5.92 Å². The Labute approximate surface area is 75.4 Å². The maximum absolute atomic E-state index is 13.1. The normalized spacial score (nSPS) is 11.8. The molecule has 1 radical (unpaired) electrons. The van der Waals surface area contributed by atoms with E-state index in [9.17, 15) is 13.2 Å². The average Bonchev–Trinajstić information content (AvgIpc) is 1.78. The Bertz CT molecular complexity index is 300. The molecule has 71 valence electrons. The van der Waals surface area contributed by atoms with Crippen molar-refractivity contribution in [3.05, 3.63) is 41.6 Å². The summed E-state index contributed by atoms with van der Waals surface area (Å²) < 4.78 is 38.6. The van der Waals surface area contributed by atoms with Crippen LogP contribution in [-0.2, 0) is 5.92 Å². The molecule has 0 aromatic heterocycles. The largest absolute Gasteiger partial charge is 0.276 e. The summed E-state index contributed by atoms with van der Waals surface area (Å²) in [7, 11) is 0. The molecule has 0 saturated carbocycles. The van der Waals surface area contributed by atoms with Crippen molar-refractivity contribution in [3.8, 4) is 0 Å². The molecule has 0 aliphatic heterocycles. The van der Waals surface area contributed by atoms with E-state index in [1.807, 2.05) is 0 Å². The summed E-state index contributed by atoms with van der Waals surface area (Å²) in [6, 6.07) is 2.60. The number of rotatable bonds is 1. The monoisotopic (exact) mass is 187 g/mol. The van der Waals surface area contributed by atoms with Crippen molar-refractivity contribution < 1.29 is 13.2 Å². The van der Waals surface area contributed by atoms with Gasteiger partial charge in [-0.25, -0.2) is 13.2 Å². The van der Waals surface area contributed by atoms with Gasteiger partial charge in [0.2, 0.25) is 0 Å². The number of benzene rings is 1. The van der Waals surface area contributed by atoms with E-state index in [0.29, 0.717) is 5.56 Å². The summed E-state index contributed by atoms with van der Waals surface area (Å²) in [5, 5.41) is 0. The van der Waals surface area contributed by atoms with Gasteiger partial charge in [0.15, 0.2) is 0 Å². The summed E-state index contributed by atoms with van der Waals surface area (Å²) in [6.45, 7) is 5.72. The second kappa shape index (κ2) is 3.05. The highest BCUT2D eigenvalue weighted by Gasteiger charge is 2.30. The molecular formula is C10H10F3. The fourth-order valence-corrected chi connectivity index (χ4v) is 1.38. The zero-order chi connectivity index (χ0) is 10.2. The summed E-state index contributed by atoms with van der Waals surface area (Å²) in [5.41, 5.74) is 0.249. The first kappa shape index (κ1) is 10.1. The number of halogens is 3. The molecule has 0 aliphatic rings. The van der Waals surface area contributed by atoms with Gasteiger partial charge < -0.3 is 0 Å². The highest BCUT2D eigenvalue weighted by Crippen LogP contribution is 2.31. The van der Waals surface area contributed by atoms with Crippen molar-refractivity contribution in [2.75, 3.05) is 0 Å². The summed E-state index contributed by atoms with van der Waals surface area (Å²) in [6.07, 6.45) is 0. The van der Waals surface area contributed by atoms with E-state index < -0.39 is 17.3 Å². The van der Waals surface area contributed by atoms with Gasteiger partial charge in [-0.1, -0.05) is 6.07 Å². The van der Waals surface area contributed by atoms with E-state index in [-0.39, 0.29) is 5.56 Å². The van der Waals surface area contributed by atoms with Crippen molar-refractivity contribution in [2.45, 2.75) is 19.8 Å². The van der Waals surface area contributed by atoms with Crippen LogP contribution in [0.1, 0.15) is 16.7 Å². The smallest absolute Gasteiger partial charge is 0.206 e. The van der Waals surface area contributed by atoms with Crippen LogP contribution in [0, 0.1) is 26.6 Å². The third kappa shape index (κ3) is 2.02. The Morgan fingerprint density at radius 3 is 2.15 bits per heavy atom. The molecule has 0 heterocycles. The van der Waals surface area contributed by atoms with Crippen LogP contribution in [0.4, 0.5) is 13.2 Å². The molecule has 13 heavy (non-hydrogen) atoms. The number of hydrogen-bond donors (Lipinski definition) is 0. The third-order valence-electron chi connectivity index (χ3n) is 1.80. The summed E-state index contributed by atoms with van der Waals surface area (Å²) in [4.78, 5) is 0. The van der Waals surface area contributed by atoms with Crippen LogP contribution in [-0.4, -0.2) is 0 Å². The lowest BCUT2D eigenvalue weighted by Crippen LogP contribution is -2.12. The van der Waals surface area contributed by atoms with Crippen LogP contribution in [0.3, 0.4) is 0 Å². The third-order valence-corrected chi connectivity index (χ3v) is 1.80. The van der Waals surface area contributed by atoms with Crippen LogP contribution in [0.2, 0.25) is 0 Å². The quantitative estimate of drug-likeness (QED) is 0.632. The van der Waals surface area contributed by atoms with Crippen molar-refractivity contribution >= 4 is 0 Å². The fourth-order valence-electron chi connectivity index (χ4n) is 1.38. The van der Waals surface area contributed by atoms with Crippen molar-refractivity contribution in [1.29, 1.82) is 0 Å². The van der Waals surface area contributed by atoms with Crippen LogP contribution < -0.4 is 0 Å². The molecule has 0 unspecified atom stereocenters. The molecule has 0 aliphatic carbocycles. The van der Waals surface area contributed by atoms with Gasteiger partial charge in [0.05, 0.1) is 5.56 Å².